The highest BCUT2D eigenvalue weighted by molar-refractivity contribution is 9.10. The van der Waals surface area contributed by atoms with Crippen LogP contribution in [-0.4, -0.2) is 11.1 Å². The number of carboxylic acid groups (broad SMARTS) is 1. The summed E-state index contributed by atoms with van der Waals surface area (Å²) in [6.07, 6.45) is 2.73. The first-order valence-corrected chi connectivity index (χ1v) is 7.80. The second kappa shape index (κ2) is 7.31. The summed E-state index contributed by atoms with van der Waals surface area (Å²) in [6.45, 7) is 0. The lowest BCUT2D eigenvalue weighted by atomic mass is 10.1. The van der Waals surface area contributed by atoms with Crippen molar-refractivity contribution in [3.05, 3.63) is 70.2 Å². The fraction of sp³-hybridized carbons (Fsp3) is 0.0625. The molecule has 0 atom stereocenters. The van der Waals surface area contributed by atoms with Gasteiger partial charge in [0.25, 0.3) is 0 Å². The van der Waals surface area contributed by atoms with Gasteiger partial charge in [-0.3, -0.25) is 0 Å². The zero-order valence-corrected chi connectivity index (χ0v) is 13.0. The fourth-order valence-corrected chi connectivity index (χ4v) is 3.08. The molecule has 2 nitrogen and oxygen atoms in total. The summed E-state index contributed by atoms with van der Waals surface area (Å²) in [4.78, 5) is 11.6. The molecule has 0 aliphatic heterocycles. The van der Waals surface area contributed by atoms with Crippen LogP contribution in [0.25, 0.3) is 6.08 Å². The molecule has 0 fully saturated rings. The Morgan fingerprint density at radius 1 is 1.20 bits per heavy atom. The van der Waals surface area contributed by atoms with E-state index in [1.807, 2.05) is 36.4 Å². The molecule has 0 radical (unpaired) electrons. The van der Waals surface area contributed by atoms with Gasteiger partial charge in [0.15, 0.2) is 0 Å². The quantitative estimate of drug-likeness (QED) is 0.620. The molecule has 102 valence electrons. The Bertz CT molecular complexity index is 621. The smallest absolute Gasteiger partial charge is 0.328 e. The van der Waals surface area contributed by atoms with Gasteiger partial charge in [0.1, 0.15) is 0 Å². The van der Waals surface area contributed by atoms with Gasteiger partial charge in [0.2, 0.25) is 0 Å². The van der Waals surface area contributed by atoms with Crippen LogP contribution >= 0.6 is 27.7 Å². The Balaban J connectivity index is 1.95. The van der Waals surface area contributed by atoms with Gasteiger partial charge in [0.05, 0.1) is 0 Å². The number of carbonyl (C=O) groups is 1. The van der Waals surface area contributed by atoms with Crippen molar-refractivity contribution in [2.75, 3.05) is 0 Å². The third-order valence-electron chi connectivity index (χ3n) is 2.60. The Kier molecular flexibility index (Phi) is 5.44. The van der Waals surface area contributed by atoms with E-state index >= 15 is 0 Å². The van der Waals surface area contributed by atoms with Crippen LogP contribution < -0.4 is 0 Å². The van der Waals surface area contributed by atoms with Crippen molar-refractivity contribution in [2.45, 2.75) is 10.6 Å². The molecule has 0 spiro atoms. The second-order valence-electron chi connectivity index (χ2n) is 4.16. The Labute approximate surface area is 130 Å². The van der Waals surface area contributed by atoms with Crippen LogP contribution in [0, 0.1) is 0 Å². The van der Waals surface area contributed by atoms with Crippen molar-refractivity contribution in [1.29, 1.82) is 0 Å². The van der Waals surface area contributed by atoms with Crippen LogP contribution in [-0.2, 0) is 10.5 Å². The Morgan fingerprint density at radius 2 is 1.95 bits per heavy atom. The first kappa shape index (κ1) is 14.9. The van der Waals surface area contributed by atoms with Gasteiger partial charge >= 0.3 is 5.97 Å². The van der Waals surface area contributed by atoms with E-state index in [1.165, 1.54) is 10.5 Å². The first-order chi connectivity index (χ1) is 9.63. The van der Waals surface area contributed by atoms with Crippen LogP contribution in [0.15, 0.2) is 64.0 Å². The number of carboxylic acids is 1. The van der Waals surface area contributed by atoms with E-state index in [9.17, 15) is 4.79 Å². The molecular formula is C16H13BrO2S. The zero-order chi connectivity index (χ0) is 14.4. The molecule has 0 aliphatic carbocycles. The highest BCUT2D eigenvalue weighted by Gasteiger charge is 1.98. The normalized spacial score (nSPS) is 10.8. The number of thioether (sulfide) groups is 1. The molecule has 4 heteroatoms. The summed E-state index contributed by atoms with van der Waals surface area (Å²) in [6, 6.07) is 16.1. The number of halogens is 1. The maximum absolute atomic E-state index is 10.4. The fourth-order valence-electron chi connectivity index (χ4n) is 1.62. The third-order valence-corrected chi connectivity index (χ3v) is 4.16. The maximum Gasteiger partial charge on any atom is 0.328 e. The topological polar surface area (TPSA) is 37.3 Å². The SMILES string of the molecule is O=C(O)C=Cc1ccc(CSc2cccc(Br)c2)cc1. The summed E-state index contributed by atoms with van der Waals surface area (Å²) in [7, 11) is 0. The number of rotatable bonds is 5. The minimum Gasteiger partial charge on any atom is -0.478 e. The molecule has 0 amide bonds. The largest absolute Gasteiger partial charge is 0.478 e. The van der Waals surface area contributed by atoms with Crippen LogP contribution in [0.4, 0.5) is 0 Å². The molecule has 0 aromatic heterocycles. The molecule has 0 aliphatic rings. The molecule has 2 rings (SSSR count). The van der Waals surface area contributed by atoms with E-state index in [2.05, 4.69) is 28.1 Å². The van der Waals surface area contributed by atoms with Gasteiger partial charge in [-0.15, -0.1) is 11.8 Å². The minimum atomic E-state index is -0.931. The van der Waals surface area contributed by atoms with Crippen LogP contribution in [0.1, 0.15) is 11.1 Å². The van der Waals surface area contributed by atoms with E-state index < -0.39 is 5.97 Å². The van der Waals surface area contributed by atoms with Gasteiger partial charge < -0.3 is 5.11 Å². The zero-order valence-electron chi connectivity index (χ0n) is 10.6. The van der Waals surface area contributed by atoms with Crippen molar-refractivity contribution < 1.29 is 9.90 Å². The average molecular weight is 349 g/mol. The predicted molar refractivity (Wildman–Crippen MR) is 86.8 cm³/mol. The van der Waals surface area contributed by atoms with Crippen LogP contribution in [0.2, 0.25) is 0 Å². The van der Waals surface area contributed by atoms with Gasteiger partial charge in [-0.05, 0) is 35.4 Å². The molecule has 0 saturated heterocycles. The van der Waals surface area contributed by atoms with Gasteiger partial charge in [-0.2, -0.15) is 0 Å². The molecule has 0 saturated carbocycles. The summed E-state index contributed by atoms with van der Waals surface area (Å²) in [5.41, 5.74) is 2.10. The molecule has 2 aromatic rings. The summed E-state index contributed by atoms with van der Waals surface area (Å²) in [5, 5.41) is 8.57. The number of benzene rings is 2. The first-order valence-electron chi connectivity index (χ1n) is 6.02. The summed E-state index contributed by atoms with van der Waals surface area (Å²) < 4.78 is 1.08. The van der Waals surface area contributed by atoms with E-state index in [0.717, 1.165) is 21.9 Å². The highest BCUT2D eigenvalue weighted by atomic mass is 79.9. The monoisotopic (exact) mass is 348 g/mol. The van der Waals surface area contributed by atoms with E-state index in [-0.39, 0.29) is 0 Å². The van der Waals surface area contributed by atoms with Gasteiger partial charge in [0, 0.05) is 21.2 Å². The van der Waals surface area contributed by atoms with E-state index in [1.54, 1.807) is 17.8 Å². The predicted octanol–water partition coefficient (Wildman–Crippen LogP) is 4.84. The maximum atomic E-state index is 10.4. The second-order valence-corrected chi connectivity index (χ2v) is 6.12. The molecular weight excluding hydrogens is 336 g/mol. The molecule has 0 unspecified atom stereocenters. The van der Waals surface area contributed by atoms with Crippen molar-refractivity contribution in [1.82, 2.24) is 0 Å². The number of aliphatic carboxylic acids is 1. The van der Waals surface area contributed by atoms with Crippen molar-refractivity contribution in [3.63, 3.8) is 0 Å². The van der Waals surface area contributed by atoms with Gasteiger partial charge in [-0.1, -0.05) is 46.3 Å². The number of hydrogen-bond donors (Lipinski definition) is 1. The highest BCUT2D eigenvalue weighted by Crippen LogP contribution is 2.25. The van der Waals surface area contributed by atoms with Crippen molar-refractivity contribution in [3.8, 4) is 0 Å². The van der Waals surface area contributed by atoms with E-state index in [0.29, 0.717) is 0 Å². The summed E-state index contributed by atoms with van der Waals surface area (Å²) >= 11 is 5.23. The standard InChI is InChI=1S/C16H13BrO2S/c17-14-2-1-3-15(10-14)20-11-13-6-4-12(5-7-13)8-9-16(18)19/h1-10H,11H2,(H,18,19). The molecule has 2 aromatic carbocycles. The molecule has 20 heavy (non-hydrogen) atoms. The number of hydrogen-bond acceptors (Lipinski definition) is 2. The van der Waals surface area contributed by atoms with Crippen molar-refractivity contribution in [2.24, 2.45) is 0 Å². The van der Waals surface area contributed by atoms with E-state index in [4.69, 9.17) is 5.11 Å². The third kappa shape index (κ3) is 4.87. The summed E-state index contributed by atoms with van der Waals surface area (Å²) in [5.74, 6) is -0.0429. The van der Waals surface area contributed by atoms with Crippen LogP contribution in [0.3, 0.4) is 0 Å². The lowest BCUT2D eigenvalue weighted by Crippen LogP contribution is -1.86. The van der Waals surface area contributed by atoms with Crippen molar-refractivity contribution >= 4 is 39.7 Å². The Hall–Kier alpha value is -1.52. The van der Waals surface area contributed by atoms with Gasteiger partial charge in [-0.25, -0.2) is 4.79 Å². The molecule has 0 bridgehead atoms. The van der Waals surface area contributed by atoms with Crippen LogP contribution in [0.5, 0.6) is 0 Å². The minimum absolute atomic E-state index is 0.888. The Morgan fingerprint density at radius 3 is 2.60 bits per heavy atom. The lowest BCUT2D eigenvalue weighted by molar-refractivity contribution is -0.131. The lowest BCUT2D eigenvalue weighted by Gasteiger charge is -2.03. The molecule has 0 heterocycles. The molecule has 1 N–H and O–H groups in total. The average Bonchev–Trinajstić information content (AvgIpc) is 2.44.